The molecule has 0 unspecified atom stereocenters. The van der Waals surface area contributed by atoms with Crippen molar-refractivity contribution in [3.63, 3.8) is 0 Å². The molecule has 1 aliphatic heterocycles. The normalized spacial score (nSPS) is 27.8. The molecular formula is C9H20ClNO. The van der Waals surface area contributed by atoms with Gasteiger partial charge in [-0.2, -0.15) is 0 Å². The van der Waals surface area contributed by atoms with Crippen molar-refractivity contribution >= 4 is 12.4 Å². The molecule has 0 amide bonds. The van der Waals surface area contributed by atoms with Crippen LogP contribution in [0.2, 0.25) is 0 Å². The molecule has 2 nitrogen and oxygen atoms in total. The molecule has 0 aromatic rings. The predicted molar refractivity (Wildman–Crippen MR) is 53.9 cm³/mol. The van der Waals surface area contributed by atoms with Crippen LogP contribution in [0.25, 0.3) is 0 Å². The minimum atomic E-state index is 0. The van der Waals surface area contributed by atoms with Crippen LogP contribution in [0.5, 0.6) is 0 Å². The standard InChI is InChI=1S/C9H19NO.ClH/c1-9(2)6-8(7-10-3)4-5-11-9;/h8,10H,4-7H2,1-3H3;1H/t8-;/m1./s1. The van der Waals surface area contributed by atoms with Gasteiger partial charge < -0.3 is 10.1 Å². The lowest BCUT2D eigenvalue weighted by Crippen LogP contribution is -2.37. The van der Waals surface area contributed by atoms with Gasteiger partial charge >= 0.3 is 0 Å². The summed E-state index contributed by atoms with van der Waals surface area (Å²) in [7, 11) is 2.02. The average Bonchev–Trinajstić information content (AvgIpc) is 1.85. The minimum absolute atomic E-state index is 0. The Kier molecular flexibility index (Phi) is 5.14. The summed E-state index contributed by atoms with van der Waals surface area (Å²) in [4.78, 5) is 0. The van der Waals surface area contributed by atoms with Crippen molar-refractivity contribution in [3.8, 4) is 0 Å². The van der Waals surface area contributed by atoms with Crippen LogP contribution in [0.3, 0.4) is 0 Å². The van der Waals surface area contributed by atoms with Gasteiger partial charge in [-0.05, 0) is 46.2 Å². The van der Waals surface area contributed by atoms with Gasteiger partial charge in [0.1, 0.15) is 0 Å². The maximum Gasteiger partial charge on any atom is 0.0629 e. The Morgan fingerprint density at radius 2 is 2.17 bits per heavy atom. The van der Waals surface area contributed by atoms with Gasteiger partial charge in [-0.1, -0.05) is 0 Å². The van der Waals surface area contributed by atoms with E-state index in [2.05, 4.69) is 19.2 Å². The van der Waals surface area contributed by atoms with Crippen LogP contribution in [0, 0.1) is 5.92 Å². The Labute approximate surface area is 81.5 Å². The van der Waals surface area contributed by atoms with E-state index in [1.54, 1.807) is 0 Å². The smallest absolute Gasteiger partial charge is 0.0629 e. The van der Waals surface area contributed by atoms with E-state index >= 15 is 0 Å². The van der Waals surface area contributed by atoms with Gasteiger partial charge in [0.25, 0.3) is 0 Å². The fourth-order valence-electron chi connectivity index (χ4n) is 1.82. The summed E-state index contributed by atoms with van der Waals surface area (Å²) in [6, 6.07) is 0. The van der Waals surface area contributed by atoms with E-state index < -0.39 is 0 Å². The Balaban J connectivity index is 0.00000121. The van der Waals surface area contributed by atoms with E-state index in [-0.39, 0.29) is 18.0 Å². The highest BCUT2D eigenvalue weighted by Gasteiger charge is 2.27. The number of halogens is 1. The second-order valence-corrected chi connectivity index (χ2v) is 4.02. The number of hydrogen-bond donors (Lipinski definition) is 1. The summed E-state index contributed by atoms with van der Waals surface area (Å²) in [6.07, 6.45) is 2.40. The average molecular weight is 194 g/mol. The molecule has 1 rings (SSSR count). The molecule has 1 fully saturated rings. The molecule has 1 aliphatic rings. The molecule has 3 heteroatoms. The largest absolute Gasteiger partial charge is 0.376 e. The molecule has 0 bridgehead atoms. The molecule has 1 atom stereocenters. The highest BCUT2D eigenvalue weighted by Crippen LogP contribution is 2.27. The quantitative estimate of drug-likeness (QED) is 0.723. The van der Waals surface area contributed by atoms with Gasteiger partial charge in [0.05, 0.1) is 5.60 Å². The third-order valence-corrected chi connectivity index (χ3v) is 2.29. The molecule has 0 spiro atoms. The monoisotopic (exact) mass is 193 g/mol. The van der Waals surface area contributed by atoms with Crippen LogP contribution in [0.4, 0.5) is 0 Å². The number of rotatable bonds is 2. The van der Waals surface area contributed by atoms with Gasteiger partial charge in [0.2, 0.25) is 0 Å². The minimum Gasteiger partial charge on any atom is -0.376 e. The lowest BCUT2D eigenvalue weighted by molar-refractivity contribution is -0.0715. The zero-order valence-electron chi connectivity index (χ0n) is 8.22. The van der Waals surface area contributed by atoms with Gasteiger partial charge in [-0.25, -0.2) is 0 Å². The molecule has 74 valence electrons. The van der Waals surface area contributed by atoms with Crippen molar-refractivity contribution in [3.05, 3.63) is 0 Å². The molecule has 1 heterocycles. The molecular weight excluding hydrogens is 174 g/mol. The summed E-state index contributed by atoms with van der Waals surface area (Å²) in [5.74, 6) is 0.809. The van der Waals surface area contributed by atoms with E-state index in [0.29, 0.717) is 0 Å². The van der Waals surface area contributed by atoms with Gasteiger partial charge in [0, 0.05) is 6.61 Å². The fourth-order valence-corrected chi connectivity index (χ4v) is 1.82. The Hall–Kier alpha value is 0.210. The van der Waals surface area contributed by atoms with Gasteiger partial charge in [0.15, 0.2) is 0 Å². The summed E-state index contributed by atoms with van der Waals surface area (Å²) in [6.45, 7) is 6.41. The number of hydrogen-bond acceptors (Lipinski definition) is 2. The van der Waals surface area contributed by atoms with Crippen molar-refractivity contribution in [2.24, 2.45) is 5.92 Å². The lowest BCUT2D eigenvalue weighted by Gasteiger charge is -2.35. The molecule has 0 radical (unpaired) electrons. The van der Waals surface area contributed by atoms with E-state index in [1.165, 1.54) is 12.8 Å². The van der Waals surface area contributed by atoms with Crippen LogP contribution >= 0.6 is 12.4 Å². The van der Waals surface area contributed by atoms with E-state index in [9.17, 15) is 0 Å². The van der Waals surface area contributed by atoms with Crippen molar-refractivity contribution in [1.29, 1.82) is 0 Å². The zero-order valence-corrected chi connectivity index (χ0v) is 9.04. The van der Waals surface area contributed by atoms with Crippen LogP contribution in [-0.4, -0.2) is 25.8 Å². The van der Waals surface area contributed by atoms with Crippen molar-refractivity contribution in [1.82, 2.24) is 5.32 Å². The molecule has 1 N–H and O–H groups in total. The lowest BCUT2D eigenvalue weighted by atomic mass is 9.88. The summed E-state index contributed by atoms with van der Waals surface area (Å²) < 4.78 is 5.61. The maximum absolute atomic E-state index is 5.61. The molecule has 1 saturated heterocycles. The zero-order chi connectivity index (χ0) is 8.32. The first-order chi connectivity index (χ1) is 5.14. The molecule has 12 heavy (non-hydrogen) atoms. The van der Waals surface area contributed by atoms with Crippen molar-refractivity contribution in [2.75, 3.05) is 20.2 Å². The second kappa shape index (κ2) is 5.05. The molecule has 0 aromatic carbocycles. The number of nitrogens with one attached hydrogen (secondary N) is 1. The fraction of sp³-hybridized carbons (Fsp3) is 1.00. The van der Waals surface area contributed by atoms with Crippen LogP contribution in [-0.2, 0) is 4.74 Å². The summed E-state index contributed by atoms with van der Waals surface area (Å²) >= 11 is 0. The Bertz CT molecular complexity index is 126. The molecule has 0 aromatic heterocycles. The van der Waals surface area contributed by atoms with Gasteiger partial charge in [-0.3, -0.25) is 0 Å². The Morgan fingerprint density at radius 1 is 1.50 bits per heavy atom. The van der Waals surface area contributed by atoms with Gasteiger partial charge in [-0.15, -0.1) is 12.4 Å². The van der Waals surface area contributed by atoms with E-state index in [1.807, 2.05) is 7.05 Å². The number of ether oxygens (including phenoxy) is 1. The summed E-state index contributed by atoms with van der Waals surface area (Å²) in [5, 5.41) is 3.22. The molecule has 0 saturated carbocycles. The predicted octanol–water partition coefficient (Wildman–Crippen LogP) is 1.83. The van der Waals surface area contributed by atoms with E-state index in [0.717, 1.165) is 19.1 Å². The third kappa shape index (κ3) is 3.74. The first kappa shape index (κ1) is 12.2. The highest BCUT2D eigenvalue weighted by molar-refractivity contribution is 5.85. The molecule has 0 aliphatic carbocycles. The Morgan fingerprint density at radius 3 is 2.67 bits per heavy atom. The summed E-state index contributed by atoms with van der Waals surface area (Å²) in [5.41, 5.74) is 0.111. The third-order valence-electron chi connectivity index (χ3n) is 2.29. The first-order valence-electron chi connectivity index (χ1n) is 4.42. The second-order valence-electron chi connectivity index (χ2n) is 4.02. The first-order valence-corrected chi connectivity index (χ1v) is 4.42. The van der Waals surface area contributed by atoms with Crippen molar-refractivity contribution in [2.45, 2.75) is 32.3 Å². The maximum atomic E-state index is 5.61. The van der Waals surface area contributed by atoms with Crippen LogP contribution in [0.15, 0.2) is 0 Å². The highest BCUT2D eigenvalue weighted by atomic mass is 35.5. The topological polar surface area (TPSA) is 21.3 Å². The van der Waals surface area contributed by atoms with E-state index in [4.69, 9.17) is 4.74 Å². The van der Waals surface area contributed by atoms with Crippen LogP contribution < -0.4 is 5.32 Å². The van der Waals surface area contributed by atoms with Crippen LogP contribution in [0.1, 0.15) is 26.7 Å². The SMILES string of the molecule is CNC[C@@H]1CCOC(C)(C)C1.Cl. The van der Waals surface area contributed by atoms with Crippen molar-refractivity contribution < 1.29 is 4.74 Å².